The first-order chi connectivity index (χ1) is 2.27. The molecule has 2 radical (unpaired) electrons. The van der Waals surface area contributed by atoms with Crippen molar-refractivity contribution in [3.63, 3.8) is 0 Å². The van der Waals surface area contributed by atoms with Crippen molar-refractivity contribution in [2.45, 2.75) is 11.3 Å². The summed E-state index contributed by atoms with van der Waals surface area (Å²) in [5.41, 5.74) is 0. The summed E-state index contributed by atoms with van der Waals surface area (Å²) in [6.07, 6.45) is 0. The van der Waals surface area contributed by atoms with Gasteiger partial charge in [-0.05, 0) is 0 Å². The Labute approximate surface area is 45.2 Å². The molecule has 0 aromatic rings. The van der Waals surface area contributed by atoms with Gasteiger partial charge < -0.3 is 0 Å². The first kappa shape index (κ1) is 5.49. The van der Waals surface area contributed by atoms with Gasteiger partial charge in [-0.1, -0.05) is 0 Å². The number of Topliss-reactive ketones (excluding diaryl/α,β-unsaturated/α-hetero) is 1. The van der Waals surface area contributed by atoms with Gasteiger partial charge in [0.05, 0.1) is 0 Å². The molecule has 0 saturated carbocycles. The number of hydrogen-bond acceptors (Lipinski definition) is 1. The molecule has 0 aromatic heterocycles. The van der Waals surface area contributed by atoms with Crippen LogP contribution in [0.2, 0.25) is 4.37 Å². The van der Waals surface area contributed by atoms with E-state index in [0.717, 1.165) is 0 Å². The number of hydrogen-bond donors (Lipinski definition) is 0. The van der Waals surface area contributed by atoms with E-state index < -0.39 is 0 Å². The van der Waals surface area contributed by atoms with E-state index in [1.165, 1.54) is 0 Å². The van der Waals surface area contributed by atoms with Crippen molar-refractivity contribution in [2.75, 3.05) is 0 Å². The normalized spacial score (nSPS) is 7.60. The van der Waals surface area contributed by atoms with Gasteiger partial charge in [-0.3, -0.25) is 0 Å². The van der Waals surface area contributed by atoms with Crippen molar-refractivity contribution >= 4 is 28.8 Å². The Balaban J connectivity index is 2.85. The summed E-state index contributed by atoms with van der Waals surface area (Å²) in [5, 5.41) is 0. The molecule has 0 aliphatic rings. The molecule has 0 unspecified atom stereocenters. The second-order valence-electron chi connectivity index (χ2n) is 0.860. The molecular weight excluding hydrogens is 174 g/mol. The summed E-state index contributed by atoms with van der Waals surface area (Å²) in [4.78, 5) is 9.82. The van der Waals surface area contributed by atoms with Crippen LogP contribution in [0.15, 0.2) is 0 Å². The molecule has 1 nitrogen and oxygen atoms in total. The second kappa shape index (κ2) is 2.71. The van der Waals surface area contributed by atoms with Crippen molar-refractivity contribution in [1.82, 2.24) is 0 Å². The van der Waals surface area contributed by atoms with Crippen LogP contribution in [0.5, 0.6) is 0 Å². The average molecular weight is 179 g/mol. The van der Waals surface area contributed by atoms with E-state index in [1.54, 1.807) is 29.9 Å². The molecule has 5 heavy (non-hydrogen) atoms. The third kappa shape index (κ3) is 4.49. The molecular formula is C3H5OSb. The minimum atomic E-state index is 0.277. The SMILES string of the molecule is CC(=O)[CH2][Sb]. The van der Waals surface area contributed by atoms with Gasteiger partial charge in [0.15, 0.2) is 0 Å². The Morgan fingerprint density at radius 3 is 2.20 bits per heavy atom. The molecule has 0 aromatic carbocycles. The molecule has 0 N–H and O–H groups in total. The van der Waals surface area contributed by atoms with Crippen molar-refractivity contribution in [2.24, 2.45) is 0 Å². The van der Waals surface area contributed by atoms with E-state index >= 15 is 0 Å². The van der Waals surface area contributed by atoms with Gasteiger partial charge in [0.25, 0.3) is 0 Å². The molecule has 0 rings (SSSR count). The van der Waals surface area contributed by atoms with Crippen LogP contribution in [0.4, 0.5) is 0 Å². The van der Waals surface area contributed by atoms with Gasteiger partial charge in [-0.15, -0.1) is 0 Å². The monoisotopic (exact) mass is 178 g/mol. The molecule has 0 heterocycles. The van der Waals surface area contributed by atoms with Crippen LogP contribution in [-0.4, -0.2) is 28.8 Å². The van der Waals surface area contributed by atoms with Crippen LogP contribution in [0.1, 0.15) is 6.92 Å². The first-order valence-corrected chi connectivity index (χ1v) is 3.18. The van der Waals surface area contributed by atoms with Gasteiger partial charge in [-0.25, -0.2) is 0 Å². The topological polar surface area (TPSA) is 17.1 Å². The van der Waals surface area contributed by atoms with Gasteiger partial charge >= 0.3 is 44.9 Å². The van der Waals surface area contributed by atoms with E-state index in [-0.39, 0.29) is 5.78 Å². The number of carbonyl (C=O) groups excluding carboxylic acids is 1. The van der Waals surface area contributed by atoms with E-state index in [0.29, 0.717) is 4.37 Å². The number of rotatable bonds is 1. The fourth-order valence-corrected chi connectivity index (χ4v) is 0. The summed E-state index contributed by atoms with van der Waals surface area (Å²) in [7, 11) is 0. The molecule has 2 heteroatoms. The van der Waals surface area contributed by atoms with Crippen LogP contribution in [0.3, 0.4) is 0 Å². The van der Waals surface area contributed by atoms with Crippen LogP contribution >= 0.6 is 0 Å². The molecule has 0 bridgehead atoms. The molecule has 0 aliphatic heterocycles. The Kier molecular flexibility index (Phi) is 2.98. The zero-order chi connectivity index (χ0) is 4.28. The van der Waals surface area contributed by atoms with Crippen LogP contribution in [-0.2, 0) is 4.79 Å². The average Bonchev–Trinajstić information content (AvgIpc) is 1.38. The first-order valence-electron chi connectivity index (χ1n) is 1.37. The summed E-state index contributed by atoms with van der Waals surface area (Å²) >= 11 is 1.55. The van der Waals surface area contributed by atoms with Gasteiger partial charge in [-0.2, -0.15) is 0 Å². The predicted molar refractivity (Wildman–Crippen MR) is 21.2 cm³/mol. The molecule has 0 aliphatic carbocycles. The van der Waals surface area contributed by atoms with Crippen LogP contribution < -0.4 is 0 Å². The fourth-order valence-electron chi connectivity index (χ4n) is 0. The van der Waals surface area contributed by atoms with Crippen LogP contribution in [0, 0.1) is 0 Å². The molecule has 28 valence electrons. The van der Waals surface area contributed by atoms with Crippen molar-refractivity contribution < 1.29 is 4.79 Å². The van der Waals surface area contributed by atoms with Gasteiger partial charge in [0, 0.05) is 0 Å². The third-order valence-electron chi connectivity index (χ3n) is 0.223. The Morgan fingerprint density at radius 2 is 2.20 bits per heavy atom. The van der Waals surface area contributed by atoms with E-state index in [1.807, 2.05) is 0 Å². The summed E-state index contributed by atoms with van der Waals surface area (Å²) in [6, 6.07) is 0. The maximum atomic E-state index is 9.82. The van der Waals surface area contributed by atoms with E-state index in [2.05, 4.69) is 0 Å². The Morgan fingerprint density at radius 1 is 2.00 bits per heavy atom. The van der Waals surface area contributed by atoms with Crippen molar-refractivity contribution in [1.29, 1.82) is 0 Å². The quantitative estimate of drug-likeness (QED) is 0.524. The number of ketones is 1. The maximum absolute atomic E-state index is 9.82. The molecule has 0 amide bonds. The Bertz CT molecular complexity index is 42.2. The molecule has 0 fully saturated rings. The Hall–Kier alpha value is 0.488. The minimum absolute atomic E-state index is 0.277. The summed E-state index contributed by atoms with van der Waals surface area (Å²) in [5.74, 6) is 0.277. The zero-order valence-electron chi connectivity index (χ0n) is 3.06. The number of carbonyl (C=O) groups is 1. The van der Waals surface area contributed by atoms with Crippen molar-refractivity contribution in [3.8, 4) is 0 Å². The zero-order valence-corrected chi connectivity index (χ0v) is 5.62. The standard InChI is InChI=1S/C3H5O.Sb/c1-3(2)4;/h1H2,2H3;. The van der Waals surface area contributed by atoms with Crippen molar-refractivity contribution in [3.05, 3.63) is 0 Å². The van der Waals surface area contributed by atoms with Crippen LogP contribution in [0.25, 0.3) is 0 Å². The van der Waals surface area contributed by atoms with E-state index in [9.17, 15) is 4.79 Å². The predicted octanol–water partition coefficient (Wildman–Crippen LogP) is 0.162. The second-order valence-corrected chi connectivity index (χ2v) is 1.76. The summed E-state index contributed by atoms with van der Waals surface area (Å²) < 4.78 is 0.717. The molecule has 0 saturated heterocycles. The molecule has 0 atom stereocenters. The van der Waals surface area contributed by atoms with E-state index in [4.69, 9.17) is 0 Å². The van der Waals surface area contributed by atoms with Gasteiger partial charge in [0.2, 0.25) is 0 Å². The molecule has 0 spiro atoms. The van der Waals surface area contributed by atoms with Gasteiger partial charge in [0.1, 0.15) is 0 Å². The summed E-state index contributed by atoms with van der Waals surface area (Å²) in [6.45, 7) is 1.60. The third-order valence-corrected chi connectivity index (χ3v) is 1.49. The fraction of sp³-hybridized carbons (Fsp3) is 0.667.